The van der Waals surface area contributed by atoms with E-state index < -0.39 is 10.0 Å². The van der Waals surface area contributed by atoms with E-state index in [-0.39, 0.29) is 5.75 Å². The molecule has 0 saturated heterocycles. The van der Waals surface area contributed by atoms with Crippen molar-refractivity contribution in [2.45, 2.75) is 52.6 Å². The molecule has 0 unspecified atom stereocenters. The van der Waals surface area contributed by atoms with Crippen LogP contribution in [0.4, 0.5) is 5.69 Å². The van der Waals surface area contributed by atoms with E-state index in [1.807, 2.05) is 24.1 Å². The molecule has 1 fully saturated rings. The van der Waals surface area contributed by atoms with Crippen molar-refractivity contribution in [3.8, 4) is 5.75 Å². The summed E-state index contributed by atoms with van der Waals surface area (Å²) in [5.41, 5.74) is 1.35. The van der Waals surface area contributed by atoms with Gasteiger partial charge in [0.1, 0.15) is 5.75 Å². The van der Waals surface area contributed by atoms with Gasteiger partial charge in [0.25, 0.3) is 0 Å². The Labute approximate surface area is 175 Å². The number of hydrogen-bond acceptors (Lipinski definition) is 4. The predicted molar refractivity (Wildman–Crippen MR) is 121 cm³/mol. The number of anilines is 1. The fraction of sp³-hybridized carbons (Fsp3) is 0.565. The van der Waals surface area contributed by atoms with Gasteiger partial charge in [0.05, 0.1) is 11.9 Å². The van der Waals surface area contributed by atoms with E-state index in [9.17, 15) is 8.42 Å². The van der Waals surface area contributed by atoms with Crippen molar-refractivity contribution < 1.29 is 13.2 Å². The standard InChI is InChI=1S/C23H34N2O3S/c1-23(2,3)19-7-11-21(12-8-19)28-22-10-6-17-15-20(9-5-18(17)16-22)25(4)13-14-29(24,26)27/h5-6,9-10,15-16,19,21H,7-8,11-14H2,1-4H3,(H2,24,26,27)/t19-,21-. The van der Waals surface area contributed by atoms with E-state index in [4.69, 9.17) is 9.88 Å². The van der Waals surface area contributed by atoms with E-state index in [1.54, 1.807) is 0 Å². The summed E-state index contributed by atoms with van der Waals surface area (Å²) in [6.45, 7) is 7.37. The van der Waals surface area contributed by atoms with Crippen LogP contribution in [0.2, 0.25) is 0 Å². The zero-order valence-electron chi connectivity index (χ0n) is 18.0. The van der Waals surface area contributed by atoms with Crippen LogP contribution in [0.1, 0.15) is 46.5 Å². The van der Waals surface area contributed by atoms with Crippen molar-refractivity contribution in [3.63, 3.8) is 0 Å². The third-order valence-corrected chi connectivity index (χ3v) is 6.90. The lowest BCUT2D eigenvalue weighted by Crippen LogP contribution is -2.30. The lowest BCUT2D eigenvalue weighted by atomic mass is 9.72. The fourth-order valence-electron chi connectivity index (χ4n) is 4.15. The molecule has 6 heteroatoms. The van der Waals surface area contributed by atoms with Gasteiger partial charge in [-0.3, -0.25) is 0 Å². The van der Waals surface area contributed by atoms with Crippen LogP contribution in [-0.4, -0.2) is 33.9 Å². The Bertz CT molecular complexity index is 942. The molecular weight excluding hydrogens is 384 g/mol. The van der Waals surface area contributed by atoms with E-state index in [2.05, 4.69) is 45.0 Å². The first-order valence-electron chi connectivity index (χ1n) is 10.4. The summed E-state index contributed by atoms with van der Waals surface area (Å²) in [5.74, 6) is 1.64. The van der Waals surface area contributed by atoms with E-state index in [0.717, 1.165) is 41.0 Å². The van der Waals surface area contributed by atoms with Gasteiger partial charge in [0.15, 0.2) is 0 Å². The quantitative estimate of drug-likeness (QED) is 0.747. The molecule has 0 atom stereocenters. The second-order valence-corrected chi connectivity index (χ2v) is 11.2. The Balaban J connectivity index is 1.64. The average Bonchev–Trinajstić information content (AvgIpc) is 2.65. The van der Waals surface area contributed by atoms with Crippen molar-refractivity contribution in [2.24, 2.45) is 16.5 Å². The van der Waals surface area contributed by atoms with Crippen LogP contribution >= 0.6 is 0 Å². The summed E-state index contributed by atoms with van der Waals surface area (Å²) in [4.78, 5) is 1.90. The maximum Gasteiger partial charge on any atom is 0.210 e. The first kappa shape index (κ1) is 21.9. The number of rotatable bonds is 6. The fourth-order valence-corrected chi connectivity index (χ4v) is 4.68. The van der Waals surface area contributed by atoms with Crippen molar-refractivity contribution in [3.05, 3.63) is 36.4 Å². The Hall–Kier alpha value is -1.79. The maximum absolute atomic E-state index is 11.2. The normalized spacial score (nSPS) is 20.6. The molecule has 0 bridgehead atoms. The van der Waals surface area contributed by atoms with Crippen LogP contribution in [-0.2, 0) is 10.0 Å². The second-order valence-electron chi connectivity index (χ2n) is 9.44. The summed E-state index contributed by atoms with van der Waals surface area (Å²) in [7, 11) is -1.59. The highest BCUT2D eigenvalue weighted by Crippen LogP contribution is 2.39. The highest BCUT2D eigenvalue weighted by atomic mass is 32.2. The van der Waals surface area contributed by atoms with Gasteiger partial charge < -0.3 is 9.64 Å². The molecule has 3 rings (SSSR count). The topological polar surface area (TPSA) is 72.6 Å². The predicted octanol–water partition coefficient (Wildman–Crippen LogP) is 4.55. The van der Waals surface area contributed by atoms with Crippen LogP contribution in [0.3, 0.4) is 0 Å². The molecule has 29 heavy (non-hydrogen) atoms. The number of nitrogens with zero attached hydrogens (tertiary/aromatic N) is 1. The number of primary sulfonamides is 1. The smallest absolute Gasteiger partial charge is 0.210 e. The summed E-state index contributed by atoms with van der Waals surface area (Å²) in [6, 6.07) is 12.3. The van der Waals surface area contributed by atoms with E-state index in [0.29, 0.717) is 18.1 Å². The van der Waals surface area contributed by atoms with Gasteiger partial charge in [-0.25, -0.2) is 13.6 Å². The van der Waals surface area contributed by atoms with Crippen LogP contribution < -0.4 is 14.8 Å². The zero-order valence-corrected chi connectivity index (χ0v) is 18.8. The molecular formula is C23H34N2O3S. The molecule has 1 aliphatic rings. The first-order valence-corrected chi connectivity index (χ1v) is 12.1. The van der Waals surface area contributed by atoms with Gasteiger partial charge in [-0.2, -0.15) is 0 Å². The molecule has 0 aromatic heterocycles. The van der Waals surface area contributed by atoms with Gasteiger partial charge in [-0.1, -0.05) is 32.9 Å². The van der Waals surface area contributed by atoms with Crippen LogP contribution in [0.15, 0.2) is 36.4 Å². The molecule has 5 nitrogen and oxygen atoms in total. The minimum Gasteiger partial charge on any atom is -0.490 e. The van der Waals surface area contributed by atoms with Crippen molar-refractivity contribution in [1.82, 2.24) is 0 Å². The third kappa shape index (κ3) is 6.09. The van der Waals surface area contributed by atoms with Gasteiger partial charge in [0, 0.05) is 19.3 Å². The van der Waals surface area contributed by atoms with E-state index >= 15 is 0 Å². The molecule has 2 aromatic rings. The summed E-state index contributed by atoms with van der Waals surface area (Å²) < 4.78 is 28.7. The molecule has 0 spiro atoms. The molecule has 0 amide bonds. The van der Waals surface area contributed by atoms with Crippen LogP contribution in [0.25, 0.3) is 10.8 Å². The Morgan fingerprint density at radius 3 is 2.28 bits per heavy atom. The lowest BCUT2D eigenvalue weighted by molar-refractivity contribution is 0.0883. The Morgan fingerprint density at radius 1 is 1.03 bits per heavy atom. The number of nitrogens with two attached hydrogens (primary N) is 1. The number of fused-ring (bicyclic) bond motifs is 1. The monoisotopic (exact) mass is 418 g/mol. The molecule has 1 aliphatic carbocycles. The van der Waals surface area contributed by atoms with Gasteiger partial charge in [-0.15, -0.1) is 0 Å². The largest absolute Gasteiger partial charge is 0.490 e. The third-order valence-electron chi connectivity index (χ3n) is 6.15. The molecule has 0 aliphatic heterocycles. The van der Waals surface area contributed by atoms with Gasteiger partial charge >= 0.3 is 0 Å². The highest BCUT2D eigenvalue weighted by Gasteiger charge is 2.30. The molecule has 0 heterocycles. The number of hydrogen-bond donors (Lipinski definition) is 1. The van der Waals surface area contributed by atoms with Crippen LogP contribution in [0, 0.1) is 11.3 Å². The summed E-state index contributed by atoms with van der Waals surface area (Å²) in [6.07, 6.45) is 5.00. The minimum atomic E-state index is -3.46. The second kappa shape index (κ2) is 8.52. The summed E-state index contributed by atoms with van der Waals surface area (Å²) in [5, 5.41) is 7.33. The van der Waals surface area contributed by atoms with Crippen molar-refractivity contribution in [1.29, 1.82) is 0 Å². The molecule has 1 saturated carbocycles. The summed E-state index contributed by atoms with van der Waals surface area (Å²) >= 11 is 0. The highest BCUT2D eigenvalue weighted by molar-refractivity contribution is 7.89. The SMILES string of the molecule is CN(CCS(N)(=O)=O)c1ccc2cc(O[C@H]3CC[C@H](C(C)(C)C)CC3)ccc2c1. The Kier molecular flexibility index (Phi) is 6.44. The lowest BCUT2D eigenvalue weighted by Gasteiger charge is -2.37. The molecule has 160 valence electrons. The molecule has 2 aromatic carbocycles. The zero-order chi connectivity index (χ0) is 21.2. The van der Waals surface area contributed by atoms with Crippen molar-refractivity contribution >= 4 is 26.5 Å². The van der Waals surface area contributed by atoms with Crippen LogP contribution in [0.5, 0.6) is 5.75 Å². The first-order chi connectivity index (χ1) is 13.5. The molecule has 2 N–H and O–H groups in total. The number of benzene rings is 2. The van der Waals surface area contributed by atoms with Gasteiger partial charge in [0.2, 0.25) is 10.0 Å². The Morgan fingerprint density at radius 2 is 1.66 bits per heavy atom. The van der Waals surface area contributed by atoms with E-state index in [1.165, 1.54) is 12.8 Å². The van der Waals surface area contributed by atoms with Gasteiger partial charge in [-0.05, 0) is 72.1 Å². The average molecular weight is 419 g/mol. The maximum atomic E-state index is 11.2. The number of sulfonamides is 1. The minimum absolute atomic E-state index is 0.0637. The number of ether oxygens (including phenoxy) is 1. The van der Waals surface area contributed by atoms with Crippen molar-refractivity contribution in [2.75, 3.05) is 24.2 Å². The molecule has 0 radical (unpaired) electrons.